The van der Waals surface area contributed by atoms with Gasteiger partial charge in [0.2, 0.25) is 0 Å². The summed E-state index contributed by atoms with van der Waals surface area (Å²) in [7, 11) is 3.58. The molecule has 0 aliphatic carbocycles. The summed E-state index contributed by atoms with van der Waals surface area (Å²) >= 11 is 0. The van der Waals surface area contributed by atoms with E-state index in [-0.39, 0.29) is 11.9 Å². The van der Waals surface area contributed by atoms with E-state index in [2.05, 4.69) is 35.2 Å². The number of carbonyl (C=O) groups is 1. The summed E-state index contributed by atoms with van der Waals surface area (Å²) in [6.07, 6.45) is 4.48. The summed E-state index contributed by atoms with van der Waals surface area (Å²) in [4.78, 5) is 17.4. The van der Waals surface area contributed by atoms with Crippen molar-refractivity contribution in [1.29, 1.82) is 0 Å². The van der Waals surface area contributed by atoms with Crippen LogP contribution < -0.4 is 4.74 Å². The van der Waals surface area contributed by atoms with Crippen LogP contribution in [0.5, 0.6) is 5.75 Å². The highest BCUT2D eigenvalue weighted by atomic mass is 16.5. The number of hydrogen-bond acceptors (Lipinski definition) is 3. The molecule has 1 aliphatic rings. The zero-order valence-corrected chi connectivity index (χ0v) is 17.4. The van der Waals surface area contributed by atoms with Gasteiger partial charge in [-0.3, -0.25) is 4.79 Å². The highest BCUT2D eigenvalue weighted by molar-refractivity contribution is 5.94. The topological polar surface area (TPSA) is 32.8 Å². The number of nitrogens with zero attached hydrogens (tertiary/aromatic N) is 2. The number of carbonyl (C=O) groups excluding carboxylic acids is 1. The Hall–Kier alpha value is -2.33. The number of rotatable bonds is 7. The molecule has 1 aliphatic heterocycles. The van der Waals surface area contributed by atoms with E-state index in [1.54, 1.807) is 7.11 Å². The average molecular weight is 381 g/mol. The molecule has 0 aromatic heterocycles. The maximum atomic E-state index is 13.0. The van der Waals surface area contributed by atoms with Gasteiger partial charge in [0.05, 0.1) is 7.11 Å². The van der Waals surface area contributed by atoms with Gasteiger partial charge in [0, 0.05) is 25.2 Å². The molecule has 0 saturated carbocycles. The van der Waals surface area contributed by atoms with E-state index >= 15 is 0 Å². The minimum atomic E-state index is 0.0782. The normalized spacial score (nSPS) is 17.3. The second kappa shape index (κ2) is 9.74. The third-order valence-electron chi connectivity index (χ3n) is 5.79. The van der Waals surface area contributed by atoms with Gasteiger partial charge >= 0.3 is 0 Å². The van der Waals surface area contributed by atoms with E-state index in [1.165, 1.54) is 5.56 Å². The van der Waals surface area contributed by atoms with Crippen LogP contribution >= 0.6 is 0 Å². The van der Waals surface area contributed by atoms with Gasteiger partial charge in [0.25, 0.3) is 5.91 Å². The van der Waals surface area contributed by atoms with Gasteiger partial charge in [0.1, 0.15) is 5.75 Å². The van der Waals surface area contributed by atoms with Crippen molar-refractivity contribution in [1.82, 2.24) is 9.80 Å². The minimum absolute atomic E-state index is 0.0782. The number of amides is 1. The molecule has 2 aromatic carbocycles. The molecule has 0 spiro atoms. The van der Waals surface area contributed by atoms with Crippen molar-refractivity contribution in [3.8, 4) is 5.75 Å². The molecule has 1 heterocycles. The number of aryl methyl sites for hydroxylation is 2. The molecule has 4 heteroatoms. The van der Waals surface area contributed by atoms with Crippen LogP contribution in [0.1, 0.15) is 40.7 Å². The van der Waals surface area contributed by atoms with E-state index in [4.69, 9.17) is 4.74 Å². The Morgan fingerprint density at radius 2 is 2.00 bits per heavy atom. The zero-order chi connectivity index (χ0) is 19.9. The molecular formula is C24H32N2O2. The number of methoxy groups -OCH3 is 1. The van der Waals surface area contributed by atoms with Crippen LogP contribution in [0.25, 0.3) is 0 Å². The van der Waals surface area contributed by atoms with Gasteiger partial charge in [-0.25, -0.2) is 0 Å². The van der Waals surface area contributed by atoms with Gasteiger partial charge in [-0.15, -0.1) is 0 Å². The summed E-state index contributed by atoms with van der Waals surface area (Å²) in [5.74, 6) is 0.847. The smallest absolute Gasteiger partial charge is 0.254 e. The first-order valence-electron chi connectivity index (χ1n) is 10.3. The number of likely N-dealkylation sites (tertiary alicyclic amines) is 1. The standard InChI is InChI=1S/C24H32N2O2/c1-19-13-14-21(17-23(19)28-3)24(27)25(2)22-12-8-16-26(18-22)15-7-11-20-9-5-4-6-10-20/h4-6,9-10,13-14,17,22H,7-8,11-12,15-16,18H2,1-3H3. The van der Waals surface area contributed by atoms with Crippen LogP contribution in [0, 0.1) is 6.92 Å². The molecule has 150 valence electrons. The molecule has 1 unspecified atom stereocenters. The molecule has 0 radical (unpaired) electrons. The molecule has 0 bridgehead atoms. The number of ether oxygens (including phenoxy) is 1. The fraction of sp³-hybridized carbons (Fsp3) is 0.458. The summed E-state index contributed by atoms with van der Waals surface area (Å²) in [6, 6.07) is 16.6. The fourth-order valence-electron chi connectivity index (χ4n) is 4.02. The van der Waals surface area contributed by atoms with E-state index in [1.807, 2.05) is 37.1 Å². The maximum Gasteiger partial charge on any atom is 0.254 e. The summed E-state index contributed by atoms with van der Waals surface area (Å²) in [6.45, 7) is 5.17. The minimum Gasteiger partial charge on any atom is -0.496 e. The van der Waals surface area contributed by atoms with Crippen LogP contribution in [0.15, 0.2) is 48.5 Å². The first-order valence-corrected chi connectivity index (χ1v) is 10.3. The average Bonchev–Trinajstić information content (AvgIpc) is 2.74. The highest BCUT2D eigenvalue weighted by Gasteiger charge is 2.26. The van der Waals surface area contributed by atoms with Crippen molar-refractivity contribution in [2.45, 2.75) is 38.6 Å². The monoisotopic (exact) mass is 380 g/mol. The second-order valence-electron chi connectivity index (χ2n) is 7.79. The summed E-state index contributed by atoms with van der Waals surface area (Å²) < 4.78 is 5.38. The lowest BCUT2D eigenvalue weighted by molar-refractivity contribution is 0.0616. The lowest BCUT2D eigenvalue weighted by atomic mass is 10.0. The van der Waals surface area contributed by atoms with Crippen LogP contribution in [-0.2, 0) is 6.42 Å². The molecular weight excluding hydrogens is 348 g/mol. The lowest BCUT2D eigenvalue weighted by Crippen LogP contribution is -2.48. The van der Waals surface area contributed by atoms with Crippen LogP contribution in [0.4, 0.5) is 0 Å². The second-order valence-corrected chi connectivity index (χ2v) is 7.79. The van der Waals surface area contributed by atoms with Gasteiger partial charge in [-0.1, -0.05) is 36.4 Å². The zero-order valence-electron chi connectivity index (χ0n) is 17.4. The number of benzene rings is 2. The van der Waals surface area contributed by atoms with Crippen LogP contribution in [-0.4, -0.2) is 55.5 Å². The van der Waals surface area contributed by atoms with E-state index in [0.29, 0.717) is 5.56 Å². The van der Waals surface area contributed by atoms with Gasteiger partial charge in [-0.05, 0) is 69.0 Å². The van der Waals surface area contributed by atoms with E-state index in [0.717, 1.165) is 56.6 Å². The van der Waals surface area contributed by atoms with Gasteiger partial charge < -0.3 is 14.5 Å². The number of likely N-dealkylation sites (N-methyl/N-ethyl adjacent to an activating group) is 1. The van der Waals surface area contributed by atoms with Gasteiger partial charge in [-0.2, -0.15) is 0 Å². The molecule has 28 heavy (non-hydrogen) atoms. The Kier molecular flexibility index (Phi) is 7.10. The molecule has 1 atom stereocenters. The molecule has 1 amide bonds. The number of hydrogen-bond donors (Lipinski definition) is 0. The Balaban J connectivity index is 1.54. The van der Waals surface area contributed by atoms with Crippen molar-refractivity contribution in [3.05, 3.63) is 65.2 Å². The first kappa shape index (κ1) is 20.4. The third kappa shape index (κ3) is 5.14. The largest absolute Gasteiger partial charge is 0.496 e. The Labute approximate surface area is 169 Å². The summed E-state index contributed by atoms with van der Waals surface area (Å²) in [5.41, 5.74) is 3.15. The Morgan fingerprint density at radius 3 is 2.75 bits per heavy atom. The van der Waals surface area contributed by atoms with Gasteiger partial charge in [0.15, 0.2) is 0 Å². The van der Waals surface area contributed by atoms with Crippen molar-refractivity contribution in [2.24, 2.45) is 0 Å². The maximum absolute atomic E-state index is 13.0. The Morgan fingerprint density at radius 1 is 1.21 bits per heavy atom. The molecule has 2 aromatic rings. The van der Waals surface area contributed by atoms with Crippen molar-refractivity contribution in [3.63, 3.8) is 0 Å². The third-order valence-corrected chi connectivity index (χ3v) is 5.79. The van der Waals surface area contributed by atoms with Crippen molar-refractivity contribution < 1.29 is 9.53 Å². The van der Waals surface area contributed by atoms with Crippen molar-refractivity contribution in [2.75, 3.05) is 33.8 Å². The predicted octanol–water partition coefficient (Wildman–Crippen LogP) is 4.17. The fourth-order valence-corrected chi connectivity index (χ4v) is 4.02. The molecule has 4 nitrogen and oxygen atoms in total. The SMILES string of the molecule is COc1cc(C(=O)N(C)C2CCCN(CCCc3ccccc3)C2)ccc1C. The lowest BCUT2D eigenvalue weighted by Gasteiger charge is -2.37. The predicted molar refractivity (Wildman–Crippen MR) is 114 cm³/mol. The Bertz CT molecular complexity index is 775. The molecule has 1 fully saturated rings. The van der Waals surface area contributed by atoms with E-state index < -0.39 is 0 Å². The quantitative estimate of drug-likeness (QED) is 0.723. The highest BCUT2D eigenvalue weighted by Crippen LogP contribution is 2.22. The number of piperidine rings is 1. The molecule has 3 rings (SSSR count). The van der Waals surface area contributed by atoms with Crippen LogP contribution in [0.3, 0.4) is 0 Å². The summed E-state index contributed by atoms with van der Waals surface area (Å²) in [5, 5.41) is 0. The van der Waals surface area contributed by atoms with Crippen LogP contribution in [0.2, 0.25) is 0 Å². The molecule has 0 N–H and O–H groups in total. The molecule has 1 saturated heterocycles. The van der Waals surface area contributed by atoms with E-state index in [9.17, 15) is 4.79 Å². The van der Waals surface area contributed by atoms with Crippen molar-refractivity contribution >= 4 is 5.91 Å². The first-order chi connectivity index (χ1) is 13.6.